The van der Waals surface area contributed by atoms with Gasteiger partial charge >= 0.3 is 0 Å². The monoisotopic (exact) mass is 360 g/mol. The zero-order valence-electron chi connectivity index (χ0n) is 13.6. The Hall–Kier alpha value is -2.11. The number of hydrogen-bond acceptors (Lipinski definition) is 3. The Morgan fingerprint density at radius 3 is 2.54 bits per heavy atom. The van der Waals surface area contributed by atoms with Crippen LogP contribution in [0.25, 0.3) is 10.9 Å². The van der Waals surface area contributed by atoms with E-state index in [1.54, 1.807) is 24.3 Å². The first-order chi connectivity index (χ1) is 11.2. The first kappa shape index (κ1) is 16.7. The van der Waals surface area contributed by atoms with E-state index in [1.165, 1.54) is 11.3 Å². The molecule has 2 N–H and O–H groups in total. The quantitative estimate of drug-likeness (QED) is 0.690. The Morgan fingerprint density at radius 2 is 1.92 bits per heavy atom. The maximum atomic E-state index is 12.2. The molecular weight excluding hydrogens is 344 g/mol. The Labute approximate surface area is 148 Å². The van der Waals surface area contributed by atoms with Gasteiger partial charge in [-0.25, -0.2) is 0 Å². The number of halogens is 1. The number of thiophene rings is 1. The second-order valence-electron chi connectivity index (χ2n) is 6.62. The minimum atomic E-state index is -0.222. The Morgan fingerprint density at radius 1 is 1.17 bits per heavy atom. The van der Waals surface area contributed by atoms with Crippen LogP contribution in [0.1, 0.15) is 36.0 Å². The molecule has 0 radical (unpaired) electrons. The number of aromatic nitrogens is 1. The fraction of sp³-hybridized carbons (Fsp3) is 0.222. The van der Waals surface area contributed by atoms with Crippen LogP contribution in [0.15, 0.2) is 41.2 Å². The predicted octanol–water partition coefficient (Wildman–Crippen LogP) is 4.79. The molecule has 3 rings (SSSR count). The summed E-state index contributed by atoms with van der Waals surface area (Å²) in [5.74, 6) is -0.222. The summed E-state index contributed by atoms with van der Waals surface area (Å²) >= 11 is 7.08. The van der Waals surface area contributed by atoms with Gasteiger partial charge in [0.25, 0.3) is 5.91 Å². The molecule has 1 amide bonds. The third-order valence-corrected chi connectivity index (χ3v) is 4.94. The van der Waals surface area contributed by atoms with Crippen molar-refractivity contribution in [2.45, 2.75) is 26.2 Å². The molecule has 0 saturated carbocycles. The van der Waals surface area contributed by atoms with Crippen molar-refractivity contribution < 1.29 is 4.79 Å². The number of rotatable bonds is 2. The summed E-state index contributed by atoms with van der Waals surface area (Å²) in [6.45, 7) is 6.20. The molecule has 6 heteroatoms. The van der Waals surface area contributed by atoms with Crippen LogP contribution in [0.3, 0.4) is 0 Å². The van der Waals surface area contributed by atoms with E-state index in [0.29, 0.717) is 20.4 Å². The molecule has 24 heavy (non-hydrogen) atoms. The van der Waals surface area contributed by atoms with Gasteiger partial charge in [-0.2, -0.15) is 0 Å². The summed E-state index contributed by atoms with van der Waals surface area (Å²) in [4.78, 5) is 27.6. The molecule has 124 valence electrons. The molecule has 3 aromatic rings. The topological polar surface area (TPSA) is 62.0 Å². The number of carbonyl (C=O) groups is 1. The molecule has 0 bridgehead atoms. The van der Waals surface area contributed by atoms with Crippen molar-refractivity contribution in [2.75, 3.05) is 5.32 Å². The number of aromatic amines is 1. The van der Waals surface area contributed by atoms with Crippen molar-refractivity contribution in [3.05, 3.63) is 61.5 Å². The van der Waals surface area contributed by atoms with Gasteiger partial charge in [0.15, 0.2) is 0 Å². The maximum Gasteiger partial charge on any atom is 0.265 e. The van der Waals surface area contributed by atoms with Crippen LogP contribution in [0.5, 0.6) is 0 Å². The highest BCUT2D eigenvalue weighted by Crippen LogP contribution is 2.29. The van der Waals surface area contributed by atoms with Crippen LogP contribution >= 0.6 is 22.9 Å². The second kappa shape index (κ2) is 6.07. The minimum Gasteiger partial charge on any atom is -0.322 e. The van der Waals surface area contributed by atoms with Crippen LogP contribution in [0, 0.1) is 0 Å². The number of nitrogens with one attached hydrogen (secondary N) is 2. The van der Waals surface area contributed by atoms with E-state index in [2.05, 4.69) is 31.1 Å². The smallest absolute Gasteiger partial charge is 0.265 e. The van der Waals surface area contributed by atoms with Gasteiger partial charge in [-0.1, -0.05) is 38.4 Å². The molecule has 0 aliphatic rings. The number of amides is 1. The van der Waals surface area contributed by atoms with E-state index in [1.807, 2.05) is 12.1 Å². The molecule has 0 spiro atoms. The lowest BCUT2D eigenvalue weighted by atomic mass is 9.85. The van der Waals surface area contributed by atoms with Gasteiger partial charge in [0, 0.05) is 17.1 Å². The zero-order valence-corrected chi connectivity index (χ0v) is 15.1. The van der Waals surface area contributed by atoms with E-state index >= 15 is 0 Å². The molecule has 0 atom stereocenters. The Balaban J connectivity index is 2.00. The van der Waals surface area contributed by atoms with Crippen molar-refractivity contribution in [2.24, 2.45) is 0 Å². The molecule has 1 aromatic carbocycles. The zero-order chi connectivity index (χ0) is 17.5. The summed E-state index contributed by atoms with van der Waals surface area (Å²) in [7, 11) is 0. The Bertz CT molecular complexity index is 983. The molecule has 2 heterocycles. The van der Waals surface area contributed by atoms with Gasteiger partial charge < -0.3 is 10.3 Å². The molecule has 0 saturated heterocycles. The van der Waals surface area contributed by atoms with Crippen molar-refractivity contribution in [3.8, 4) is 0 Å². The number of H-pyrrole nitrogens is 1. The molecule has 0 unspecified atom stereocenters. The van der Waals surface area contributed by atoms with Crippen LogP contribution in [0.4, 0.5) is 5.69 Å². The lowest BCUT2D eigenvalue weighted by molar-refractivity contribution is 0.103. The van der Waals surface area contributed by atoms with Gasteiger partial charge in [0.05, 0.1) is 14.7 Å². The highest BCUT2D eigenvalue weighted by atomic mass is 35.5. The largest absolute Gasteiger partial charge is 0.322 e. The van der Waals surface area contributed by atoms with Crippen LogP contribution < -0.4 is 10.9 Å². The molecule has 0 fully saturated rings. The number of anilines is 1. The first-order valence-corrected chi connectivity index (χ1v) is 8.68. The van der Waals surface area contributed by atoms with E-state index in [4.69, 9.17) is 11.6 Å². The summed E-state index contributed by atoms with van der Waals surface area (Å²) < 4.78 is 0.567. The van der Waals surface area contributed by atoms with Gasteiger partial charge in [0.2, 0.25) is 5.56 Å². The van der Waals surface area contributed by atoms with E-state index < -0.39 is 0 Å². The van der Waals surface area contributed by atoms with Crippen LogP contribution in [0.2, 0.25) is 4.34 Å². The van der Waals surface area contributed by atoms with E-state index in [9.17, 15) is 9.59 Å². The summed E-state index contributed by atoms with van der Waals surface area (Å²) in [5, 5.41) is 3.80. The summed E-state index contributed by atoms with van der Waals surface area (Å²) in [6, 6.07) is 10.5. The normalized spacial score (nSPS) is 11.7. The van der Waals surface area contributed by atoms with Gasteiger partial charge in [0.1, 0.15) is 0 Å². The third kappa shape index (κ3) is 3.37. The Kier molecular flexibility index (Phi) is 4.24. The fourth-order valence-corrected chi connectivity index (χ4v) is 3.53. The van der Waals surface area contributed by atoms with Crippen molar-refractivity contribution in [1.82, 2.24) is 4.98 Å². The molecule has 2 aromatic heterocycles. The SMILES string of the molecule is CC(C)(C)c1cc(=O)[nH]c2cc(NC(=O)c3ccc(Cl)s3)ccc12. The summed E-state index contributed by atoms with van der Waals surface area (Å²) in [5.41, 5.74) is 2.00. The first-order valence-electron chi connectivity index (χ1n) is 7.48. The van der Waals surface area contributed by atoms with E-state index in [-0.39, 0.29) is 16.9 Å². The lowest BCUT2D eigenvalue weighted by Crippen LogP contribution is -2.17. The van der Waals surface area contributed by atoms with Crippen molar-refractivity contribution >= 4 is 45.4 Å². The molecule has 0 aliphatic heterocycles. The average molecular weight is 361 g/mol. The predicted molar refractivity (Wildman–Crippen MR) is 101 cm³/mol. The maximum absolute atomic E-state index is 12.2. The minimum absolute atomic E-state index is 0.148. The van der Waals surface area contributed by atoms with Gasteiger partial charge in [-0.15, -0.1) is 11.3 Å². The van der Waals surface area contributed by atoms with Gasteiger partial charge in [-0.05, 0) is 35.2 Å². The number of benzene rings is 1. The van der Waals surface area contributed by atoms with Crippen molar-refractivity contribution in [1.29, 1.82) is 0 Å². The molecular formula is C18H17ClN2O2S. The standard InChI is InChI=1S/C18H17ClN2O2S/c1-18(2,3)12-9-16(22)21-13-8-10(4-5-11(12)13)20-17(23)14-6-7-15(19)24-14/h4-9H,1-3H3,(H,20,23)(H,21,22). The van der Waals surface area contributed by atoms with Crippen LogP contribution in [-0.2, 0) is 5.41 Å². The fourth-order valence-electron chi connectivity index (χ4n) is 2.59. The third-order valence-electron chi connectivity index (χ3n) is 3.71. The van der Waals surface area contributed by atoms with E-state index in [0.717, 1.165) is 10.9 Å². The highest BCUT2D eigenvalue weighted by molar-refractivity contribution is 7.18. The lowest BCUT2D eigenvalue weighted by Gasteiger charge is -2.21. The number of carbonyl (C=O) groups excluding carboxylic acids is 1. The number of hydrogen-bond donors (Lipinski definition) is 2. The molecule has 4 nitrogen and oxygen atoms in total. The summed E-state index contributed by atoms with van der Waals surface area (Å²) in [6.07, 6.45) is 0. The number of pyridine rings is 1. The highest BCUT2D eigenvalue weighted by Gasteiger charge is 2.18. The second-order valence-corrected chi connectivity index (χ2v) is 8.33. The number of fused-ring (bicyclic) bond motifs is 1. The van der Waals surface area contributed by atoms with Crippen molar-refractivity contribution in [3.63, 3.8) is 0 Å². The molecule has 0 aliphatic carbocycles. The van der Waals surface area contributed by atoms with Gasteiger partial charge in [-0.3, -0.25) is 9.59 Å². The van der Waals surface area contributed by atoms with Crippen LogP contribution in [-0.4, -0.2) is 10.9 Å². The average Bonchev–Trinajstić information content (AvgIpc) is 2.92.